The third-order valence-corrected chi connectivity index (χ3v) is 3.15. The van der Waals surface area contributed by atoms with Crippen molar-refractivity contribution in [1.29, 1.82) is 0 Å². The molecule has 0 saturated heterocycles. The molecule has 2 aromatic carbocycles. The van der Waals surface area contributed by atoms with Gasteiger partial charge < -0.3 is 15.5 Å². The molecule has 0 amide bonds. The van der Waals surface area contributed by atoms with E-state index < -0.39 is 6.61 Å². The number of nitrogen functional groups attached to an aromatic ring is 1. The van der Waals surface area contributed by atoms with E-state index in [0.717, 1.165) is 5.56 Å². The molecule has 7 heteroatoms. The molecule has 3 rings (SSSR count). The zero-order valence-corrected chi connectivity index (χ0v) is 11.4. The minimum absolute atomic E-state index is 0.0902. The highest BCUT2D eigenvalue weighted by Gasteiger charge is 2.10. The summed E-state index contributed by atoms with van der Waals surface area (Å²) < 4.78 is 28.5. The molecule has 0 aliphatic rings. The molecule has 108 valence electrons. The first-order valence-electron chi connectivity index (χ1n) is 6.03. The van der Waals surface area contributed by atoms with Gasteiger partial charge in [0.2, 0.25) is 0 Å². The molecule has 1 aromatic heterocycles. The average molecular weight is 310 g/mol. The number of imidazole rings is 1. The van der Waals surface area contributed by atoms with E-state index >= 15 is 0 Å². The van der Waals surface area contributed by atoms with Crippen LogP contribution < -0.4 is 10.5 Å². The summed E-state index contributed by atoms with van der Waals surface area (Å²) in [5.41, 5.74) is 8.38. The van der Waals surface area contributed by atoms with E-state index in [9.17, 15) is 8.78 Å². The number of alkyl halides is 2. The van der Waals surface area contributed by atoms with E-state index in [1.165, 1.54) is 12.1 Å². The minimum atomic E-state index is -2.84. The molecular weight excluding hydrogens is 300 g/mol. The molecule has 0 spiro atoms. The Labute approximate surface area is 123 Å². The number of rotatable bonds is 3. The summed E-state index contributed by atoms with van der Waals surface area (Å²) in [7, 11) is 0. The van der Waals surface area contributed by atoms with Crippen LogP contribution in [0.3, 0.4) is 0 Å². The van der Waals surface area contributed by atoms with Crippen molar-refractivity contribution in [2.45, 2.75) is 6.61 Å². The van der Waals surface area contributed by atoms with Gasteiger partial charge in [0, 0.05) is 10.6 Å². The van der Waals surface area contributed by atoms with Gasteiger partial charge in [0.15, 0.2) is 0 Å². The van der Waals surface area contributed by atoms with Crippen molar-refractivity contribution in [3.05, 3.63) is 41.4 Å². The Kier molecular flexibility index (Phi) is 3.39. The molecule has 21 heavy (non-hydrogen) atoms. The van der Waals surface area contributed by atoms with Crippen molar-refractivity contribution < 1.29 is 13.5 Å². The first kappa shape index (κ1) is 13.6. The van der Waals surface area contributed by atoms with E-state index in [0.29, 0.717) is 27.6 Å². The van der Waals surface area contributed by atoms with Crippen molar-refractivity contribution >= 4 is 28.3 Å². The second kappa shape index (κ2) is 5.21. The molecule has 1 heterocycles. The third-order valence-electron chi connectivity index (χ3n) is 2.93. The predicted octanol–water partition coefficient (Wildman–Crippen LogP) is 4.07. The molecule has 0 atom stereocenters. The predicted molar refractivity (Wildman–Crippen MR) is 77.6 cm³/mol. The number of ether oxygens (including phenoxy) is 1. The summed E-state index contributed by atoms with van der Waals surface area (Å²) in [5, 5.41) is 0.510. The topological polar surface area (TPSA) is 63.9 Å². The summed E-state index contributed by atoms with van der Waals surface area (Å²) in [6.07, 6.45) is 0. The Morgan fingerprint density at radius 2 is 1.90 bits per heavy atom. The lowest BCUT2D eigenvalue weighted by Crippen LogP contribution is -2.01. The van der Waals surface area contributed by atoms with Crippen molar-refractivity contribution in [3.63, 3.8) is 0 Å². The smallest absolute Gasteiger partial charge is 0.387 e. The third kappa shape index (κ3) is 2.75. The molecule has 3 N–H and O–H groups in total. The Bertz CT molecular complexity index is 787. The van der Waals surface area contributed by atoms with E-state index in [4.69, 9.17) is 17.3 Å². The summed E-state index contributed by atoms with van der Waals surface area (Å²) in [6.45, 7) is -2.84. The number of nitrogens with two attached hydrogens (primary N) is 1. The molecule has 4 nitrogen and oxygen atoms in total. The van der Waals surface area contributed by atoms with Crippen LogP contribution in [0, 0.1) is 0 Å². The van der Waals surface area contributed by atoms with Crippen molar-refractivity contribution in [3.8, 4) is 17.1 Å². The van der Waals surface area contributed by atoms with Crippen LogP contribution in [0.15, 0.2) is 36.4 Å². The van der Waals surface area contributed by atoms with Crippen LogP contribution >= 0.6 is 11.6 Å². The molecule has 0 saturated carbocycles. The van der Waals surface area contributed by atoms with Gasteiger partial charge in [-0.3, -0.25) is 0 Å². The quantitative estimate of drug-likeness (QED) is 0.717. The lowest BCUT2D eigenvalue weighted by Gasteiger charge is -2.04. The normalized spacial score (nSPS) is 11.2. The lowest BCUT2D eigenvalue weighted by atomic mass is 10.2. The van der Waals surface area contributed by atoms with Crippen LogP contribution in [-0.4, -0.2) is 16.6 Å². The molecule has 3 aromatic rings. The number of aromatic amines is 1. The lowest BCUT2D eigenvalue weighted by molar-refractivity contribution is -0.0498. The summed E-state index contributed by atoms with van der Waals surface area (Å²) in [5.74, 6) is 0.662. The first-order valence-corrected chi connectivity index (χ1v) is 6.41. The molecular formula is C14H10ClF2N3O. The molecule has 0 aliphatic heterocycles. The van der Waals surface area contributed by atoms with Crippen molar-refractivity contribution in [2.75, 3.05) is 5.73 Å². The Morgan fingerprint density at radius 3 is 2.57 bits per heavy atom. The largest absolute Gasteiger partial charge is 0.435 e. The molecule has 0 fully saturated rings. The van der Waals surface area contributed by atoms with E-state index in [-0.39, 0.29) is 5.75 Å². The Hall–Kier alpha value is -2.34. The molecule has 0 bridgehead atoms. The van der Waals surface area contributed by atoms with Gasteiger partial charge in [-0.05, 0) is 36.4 Å². The van der Waals surface area contributed by atoms with Gasteiger partial charge in [-0.2, -0.15) is 8.78 Å². The van der Waals surface area contributed by atoms with Gasteiger partial charge >= 0.3 is 6.61 Å². The number of anilines is 1. The zero-order valence-electron chi connectivity index (χ0n) is 10.6. The highest BCUT2D eigenvalue weighted by molar-refractivity contribution is 6.31. The SMILES string of the molecule is Nc1cc(Cl)cc2[nH]c(-c3ccc(OC(F)F)cc3)nc12. The summed E-state index contributed by atoms with van der Waals surface area (Å²) in [4.78, 5) is 7.48. The Balaban J connectivity index is 1.98. The molecule has 0 aliphatic carbocycles. The Morgan fingerprint density at radius 1 is 1.19 bits per heavy atom. The van der Waals surface area contributed by atoms with E-state index in [2.05, 4.69) is 14.7 Å². The number of nitrogens with one attached hydrogen (secondary N) is 1. The van der Waals surface area contributed by atoms with Gasteiger partial charge in [0.25, 0.3) is 0 Å². The standard InChI is InChI=1S/C14H10ClF2N3O/c15-8-5-10(18)12-11(6-8)19-13(20-12)7-1-3-9(4-2-7)21-14(16)17/h1-6,14H,18H2,(H,19,20). The molecule has 0 unspecified atom stereocenters. The number of hydrogen-bond acceptors (Lipinski definition) is 3. The van der Waals surface area contributed by atoms with Gasteiger partial charge in [0.05, 0.1) is 11.2 Å². The fourth-order valence-corrected chi connectivity index (χ4v) is 2.27. The number of hydrogen-bond donors (Lipinski definition) is 2. The van der Waals surface area contributed by atoms with Crippen molar-refractivity contribution in [2.24, 2.45) is 0 Å². The van der Waals surface area contributed by atoms with Crippen LogP contribution in [0.5, 0.6) is 5.75 Å². The fourth-order valence-electron chi connectivity index (χ4n) is 2.04. The van der Waals surface area contributed by atoms with Gasteiger partial charge in [0.1, 0.15) is 17.1 Å². The highest BCUT2D eigenvalue weighted by atomic mass is 35.5. The average Bonchev–Trinajstić information content (AvgIpc) is 2.83. The maximum Gasteiger partial charge on any atom is 0.387 e. The monoisotopic (exact) mass is 309 g/mol. The van der Waals surface area contributed by atoms with Crippen LogP contribution in [0.1, 0.15) is 0 Å². The number of aromatic nitrogens is 2. The van der Waals surface area contributed by atoms with Gasteiger partial charge in [-0.25, -0.2) is 4.98 Å². The number of benzene rings is 2. The van der Waals surface area contributed by atoms with Crippen LogP contribution in [-0.2, 0) is 0 Å². The highest BCUT2D eigenvalue weighted by Crippen LogP contribution is 2.28. The number of fused-ring (bicyclic) bond motifs is 1. The number of H-pyrrole nitrogens is 1. The summed E-state index contributed by atoms with van der Waals surface area (Å²) >= 11 is 5.93. The second-order valence-corrected chi connectivity index (χ2v) is 4.82. The van der Waals surface area contributed by atoms with Crippen LogP contribution in [0.25, 0.3) is 22.4 Å². The maximum atomic E-state index is 12.1. The zero-order chi connectivity index (χ0) is 15.0. The minimum Gasteiger partial charge on any atom is -0.435 e. The van der Waals surface area contributed by atoms with Gasteiger partial charge in [-0.1, -0.05) is 11.6 Å². The van der Waals surface area contributed by atoms with E-state index in [1.54, 1.807) is 24.3 Å². The van der Waals surface area contributed by atoms with Crippen LogP contribution in [0.4, 0.5) is 14.5 Å². The second-order valence-electron chi connectivity index (χ2n) is 4.38. The number of halogens is 3. The van der Waals surface area contributed by atoms with Gasteiger partial charge in [-0.15, -0.1) is 0 Å². The summed E-state index contributed by atoms with van der Waals surface area (Å²) in [6, 6.07) is 9.50. The van der Waals surface area contributed by atoms with Crippen molar-refractivity contribution in [1.82, 2.24) is 9.97 Å². The van der Waals surface area contributed by atoms with Crippen LogP contribution in [0.2, 0.25) is 5.02 Å². The molecule has 0 radical (unpaired) electrons. The first-order chi connectivity index (χ1) is 10.0. The van der Waals surface area contributed by atoms with E-state index in [1.807, 2.05) is 0 Å². The number of nitrogens with zero attached hydrogens (tertiary/aromatic N) is 1. The fraction of sp³-hybridized carbons (Fsp3) is 0.0714. The maximum absolute atomic E-state index is 12.1.